The summed E-state index contributed by atoms with van der Waals surface area (Å²) in [6.45, 7) is 5.16. The van der Waals surface area contributed by atoms with Crippen molar-refractivity contribution in [3.8, 4) is 0 Å². The van der Waals surface area contributed by atoms with E-state index in [0.29, 0.717) is 6.42 Å². The first kappa shape index (κ1) is 12.7. The molecule has 1 aromatic rings. The third-order valence-electron chi connectivity index (χ3n) is 3.62. The van der Waals surface area contributed by atoms with E-state index in [-0.39, 0.29) is 0 Å². The summed E-state index contributed by atoms with van der Waals surface area (Å²) >= 11 is 0. The molecule has 1 heterocycles. The van der Waals surface area contributed by atoms with Crippen LogP contribution in [0.4, 0.5) is 10.5 Å². The van der Waals surface area contributed by atoms with Crippen molar-refractivity contribution >= 4 is 11.8 Å². The molecule has 2 atom stereocenters. The van der Waals surface area contributed by atoms with Gasteiger partial charge in [-0.1, -0.05) is 25.1 Å². The third kappa shape index (κ3) is 1.80. The molecule has 5 heteroatoms. The van der Waals surface area contributed by atoms with E-state index in [2.05, 4.69) is 5.43 Å². The average Bonchev–Trinajstić information content (AvgIpc) is 2.51. The Bertz CT molecular complexity index is 447. The van der Waals surface area contributed by atoms with E-state index in [1.165, 1.54) is 0 Å². The summed E-state index contributed by atoms with van der Waals surface area (Å²) in [6, 6.07) is 9.19. The Morgan fingerprint density at radius 3 is 2.44 bits per heavy atom. The predicted molar refractivity (Wildman–Crippen MR) is 67.7 cm³/mol. The van der Waals surface area contributed by atoms with Gasteiger partial charge in [-0.3, -0.25) is 5.43 Å². The number of anilines is 1. The number of carbonyl (C=O) groups is 1. The second kappa shape index (κ2) is 4.17. The number of hydrogen-bond donors (Lipinski definition) is 2. The SMILES string of the molecule is CCC1(C)OC(=O)N(Nc2ccccc2)C1(C)O. The highest BCUT2D eigenvalue weighted by Crippen LogP contribution is 2.39. The van der Waals surface area contributed by atoms with Gasteiger partial charge in [-0.25, -0.2) is 4.79 Å². The molecule has 2 unspecified atom stereocenters. The lowest BCUT2D eigenvalue weighted by atomic mass is 9.91. The quantitative estimate of drug-likeness (QED) is 0.864. The van der Waals surface area contributed by atoms with E-state index in [1.807, 2.05) is 37.3 Å². The summed E-state index contributed by atoms with van der Waals surface area (Å²) in [5.41, 5.74) is 1.26. The van der Waals surface area contributed by atoms with Gasteiger partial charge in [0.05, 0.1) is 5.69 Å². The maximum Gasteiger partial charge on any atom is 0.432 e. The van der Waals surface area contributed by atoms with Gasteiger partial charge in [0, 0.05) is 0 Å². The van der Waals surface area contributed by atoms with Gasteiger partial charge in [-0.2, -0.15) is 5.01 Å². The molecular weight excluding hydrogens is 232 g/mol. The summed E-state index contributed by atoms with van der Waals surface area (Å²) in [5, 5.41) is 11.7. The summed E-state index contributed by atoms with van der Waals surface area (Å²) in [7, 11) is 0. The molecule has 0 radical (unpaired) electrons. The molecule has 5 nitrogen and oxygen atoms in total. The van der Waals surface area contributed by atoms with Crippen molar-refractivity contribution in [2.45, 2.75) is 38.5 Å². The van der Waals surface area contributed by atoms with Crippen LogP contribution in [-0.2, 0) is 4.74 Å². The molecule has 1 aliphatic rings. The Labute approximate surface area is 106 Å². The minimum Gasteiger partial charge on any atom is -0.437 e. The molecule has 2 N–H and O–H groups in total. The summed E-state index contributed by atoms with van der Waals surface area (Å²) in [5.74, 6) is 0. The molecule has 0 bridgehead atoms. The Morgan fingerprint density at radius 1 is 1.33 bits per heavy atom. The minimum atomic E-state index is -1.41. The summed E-state index contributed by atoms with van der Waals surface area (Å²) < 4.78 is 5.27. The molecule has 0 aliphatic carbocycles. The third-order valence-corrected chi connectivity index (χ3v) is 3.62. The number of hydrogen-bond acceptors (Lipinski definition) is 4. The molecular formula is C13H18N2O3. The largest absolute Gasteiger partial charge is 0.437 e. The van der Waals surface area contributed by atoms with E-state index in [4.69, 9.17) is 4.74 Å². The van der Waals surface area contributed by atoms with Crippen LogP contribution in [0.1, 0.15) is 27.2 Å². The molecule has 1 aromatic carbocycles. The van der Waals surface area contributed by atoms with E-state index in [9.17, 15) is 9.90 Å². The zero-order valence-corrected chi connectivity index (χ0v) is 10.8. The van der Waals surface area contributed by atoms with Gasteiger partial charge in [0.1, 0.15) is 0 Å². The molecule has 1 amide bonds. The number of aliphatic hydroxyl groups is 1. The maximum atomic E-state index is 11.8. The number of benzene rings is 1. The number of nitrogens with one attached hydrogen (secondary N) is 1. The fourth-order valence-electron chi connectivity index (χ4n) is 1.95. The fraction of sp³-hybridized carbons (Fsp3) is 0.462. The number of amides is 1. The Hall–Kier alpha value is -1.75. The van der Waals surface area contributed by atoms with Crippen LogP contribution < -0.4 is 5.43 Å². The van der Waals surface area contributed by atoms with Crippen molar-refractivity contribution in [2.75, 3.05) is 5.43 Å². The highest BCUT2D eigenvalue weighted by molar-refractivity contribution is 5.74. The van der Waals surface area contributed by atoms with Crippen molar-refractivity contribution < 1.29 is 14.6 Å². The zero-order chi connectivity index (χ0) is 13.4. The van der Waals surface area contributed by atoms with E-state index < -0.39 is 17.4 Å². The highest BCUT2D eigenvalue weighted by atomic mass is 16.6. The number of carbonyl (C=O) groups excluding carboxylic acids is 1. The lowest BCUT2D eigenvalue weighted by Gasteiger charge is -2.36. The molecule has 0 aromatic heterocycles. The van der Waals surface area contributed by atoms with Crippen LogP contribution in [0, 0.1) is 0 Å². The lowest BCUT2D eigenvalue weighted by molar-refractivity contribution is -0.131. The molecule has 0 spiro atoms. The molecule has 18 heavy (non-hydrogen) atoms. The zero-order valence-electron chi connectivity index (χ0n) is 10.8. The Kier molecular flexibility index (Phi) is 2.94. The highest BCUT2D eigenvalue weighted by Gasteiger charge is 2.59. The number of rotatable bonds is 3. The van der Waals surface area contributed by atoms with Crippen molar-refractivity contribution in [3.05, 3.63) is 30.3 Å². The van der Waals surface area contributed by atoms with Gasteiger partial charge in [0.2, 0.25) is 0 Å². The van der Waals surface area contributed by atoms with Crippen LogP contribution in [0.25, 0.3) is 0 Å². The first-order valence-corrected chi connectivity index (χ1v) is 5.98. The molecule has 1 aliphatic heterocycles. The predicted octanol–water partition coefficient (Wildman–Crippen LogP) is 2.34. The molecule has 0 saturated carbocycles. The first-order chi connectivity index (χ1) is 8.40. The molecule has 1 fully saturated rings. The second-order valence-corrected chi connectivity index (χ2v) is 4.79. The molecule has 2 rings (SSSR count). The van der Waals surface area contributed by atoms with Gasteiger partial charge in [0.25, 0.3) is 0 Å². The average molecular weight is 250 g/mol. The van der Waals surface area contributed by atoms with E-state index in [0.717, 1.165) is 10.7 Å². The lowest BCUT2D eigenvalue weighted by Crippen LogP contribution is -2.56. The van der Waals surface area contributed by atoms with Crippen LogP contribution >= 0.6 is 0 Å². The van der Waals surface area contributed by atoms with Crippen molar-refractivity contribution in [2.24, 2.45) is 0 Å². The van der Waals surface area contributed by atoms with Crippen molar-refractivity contribution in [3.63, 3.8) is 0 Å². The van der Waals surface area contributed by atoms with Crippen molar-refractivity contribution in [1.29, 1.82) is 0 Å². The van der Waals surface area contributed by atoms with Crippen LogP contribution in [-0.4, -0.2) is 27.5 Å². The normalized spacial score (nSPS) is 31.3. The minimum absolute atomic E-state index is 0.526. The van der Waals surface area contributed by atoms with Gasteiger partial charge >= 0.3 is 6.09 Å². The van der Waals surface area contributed by atoms with Crippen molar-refractivity contribution in [1.82, 2.24) is 5.01 Å². The van der Waals surface area contributed by atoms with E-state index in [1.54, 1.807) is 13.8 Å². The first-order valence-electron chi connectivity index (χ1n) is 5.98. The molecule has 98 valence electrons. The smallest absolute Gasteiger partial charge is 0.432 e. The van der Waals surface area contributed by atoms with Gasteiger partial charge < -0.3 is 9.84 Å². The number of hydrazine groups is 1. The van der Waals surface area contributed by atoms with Crippen LogP contribution in [0.5, 0.6) is 0 Å². The van der Waals surface area contributed by atoms with E-state index >= 15 is 0 Å². The fourth-order valence-corrected chi connectivity index (χ4v) is 1.95. The van der Waals surface area contributed by atoms with Gasteiger partial charge in [-0.05, 0) is 32.4 Å². The van der Waals surface area contributed by atoms with Gasteiger partial charge in [0.15, 0.2) is 11.3 Å². The van der Waals surface area contributed by atoms with Crippen LogP contribution in [0.15, 0.2) is 30.3 Å². The number of ether oxygens (including phenoxy) is 1. The van der Waals surface area contributed by atoms with Crippen LogP contribution in [0.3, 0.4) is 0 Å². The monoisotopic (exact) mass is 250 g/mol. The maximum absolute atomic E-state index is 11.8. The second-order valence-electron chi connectivity index (χ2n) is 4.79. The Morgan fingerprint density at radius 2 is 1.94 bits per heavy atom. The summed E-state index contributed by atoms with van der Waals surface area (Å²) in [6.07, 6.45) is -0.0492. The molecule has 1 saturated heterocycles. The standard InChI is InChI=1S/C13H18N2O3/c1-4-12(2)13(3,17)15(11(16)18-12)14-10-8-6-5-7-9-10/h5-9,14,17H,4H2,1-3H3. The topological polar surface area (TPSA) is 61.8 Å². The van der Waals surface area contributed by atoms with Gasteiger partial charge in [-0.15, -0.1) is 0 Å². The Balaban J connectivity index is 2.26. The van der Waals surface area contributed by atoms with Crippen LogP contribution in [0.2, 0.25) is 0 Å². The number of para-hydroxylation sites is 1. The summed E-state index contributed by atoms with van der Waals surface area (Å²) in [4.78, 5) is 11.8. The number of cyclic esters (lactones) is 1. The number of nitrogens with zero attached hydrogens (tertiary/aromatic N) is 1.